The predicted octanol–water partition coefficient (Wildman–Crippen LogP) is 14.4. The molecule has 0 spiro atoms. The fourth-order valence-corrected chi connectivity index (χ4v) is 9.33. The van der Waals surface area contributed by atoms with Gasteiger partial charge in [-0.1, -0.05) is 242 Å². The summed E-state index contributed by atoms with van der Waals surface area (Å²) >= 11 is 0. The van der Waals surface area contributed by atoms with Crippen molar-refractivity contribution in [2.45, 2.75) is 282 Å². The Bertz CT molecular complexity index is 1480. The van der Waals surface area contributed by atoms with E-state index in [2.05, 4.69) is 78.8 Å². The van der Waals surface area contributed by atoms with Gasteiger partial charge in [-0.05, 0) is 57.8 Å². The summed E-state index contributed by atoms with van der Waals surface area (Å²) in [5, 5.41) is 30.8. The van der Waals surface area contributed by atoms with Crippen LogP contribution in [0.3, 0.4) is 0 Å². The predicted molar refractivity (Wildman–Crippen MR) is 294 cm³/mol. The van der Waals surface area contributed by atoms with E-state index in [0.29, 0.717) is 13.0 Å². The van der Waals surface area contributed by atoms with E-state index in [1.807, 2.05) is 0 Å². The minimum absolute atomic E-state index is 0.0347. The third-order valence-corrected chi connectivity index (χ3v) is 13.6. The molecule has 0 saturated carbocycles. The Morgan fingerprint density at radius 3 is 1.40 bits per heavy atom. The number of hydrogen-bond donors (Lipinski definition) is 4. The Morgan fingerprint density at radius 1 is 0.542 bits per heavy atom. The topological polar surface area (TPSA) is 178 Å². The van der Waals surface area contributed by atoms with Gasteiger partial charge in [-0.15, -0.1) is 0 Å². The normalized spacial score (nSPS) is 19.3. The SMILES string of the molecule is CC/C=C\C/C=C\C/C=C\C/C=C\C/C=C\CCCCCCCCCCCC(=O)OC(COCCCCCCCCCCCCCCCCCCCCCC)COC1OC(CO)C(O)C(OS(=O)(=O)O)C1O. The molecule has 0 amide bonds. The number of allylic oxidation sites excluding steroid dienone is 10. The van der Waals surface area contributed by atoms with Gasteiger partial charge in [0, 0.05) is 13.0 Å². The lowest BCUT2D eigenvalue weighted by Crippen LogP contribution is -2.60. The molecule has 1 saturated heterocycles. The molecule has 0 aromatic carbocycles. The van der Waals surface area contributed by atoms with Crippen LogP contribution in [0.2, 0.25) is 0 Å². The van der Waals surface area contributed by atoms with Crippen LogP contribution in [-0.4, -0.2) is 97.5 Å². The second-order valence-corrected chi connectivity index (χ2v) is 20.9. The lowest BCUT2D eigenvalue weighted by molar-refractivity contribution is -0.301. The summed E-state index contributed by atoms with van der Waals surface area (Å²) in [6.07, 6.45) is 55.4. The number of hydrogen-bond acceptors (Lipinski definition) is 11. The lowest BCUT2D eigenvalue weighted by Gasteiger charge is -2.41. The molecule has 13 heteroatoms. The van der Waals surface area contributed by atoms with Gasteiger partial charge in [0.15, 0.2) is 6.29 Å². The lowest BCUT2D eigenvalue weighted by atomic mass is 9.99. The third kappa shape index (κ3) is 42.1. The van der Waals surface area contributed by atoms with Crippen molar-refractivity contribution in [3.8, 4) is 0 Å². The molecule has 6 atom stereocenters. The van der Waals surface area contributed by atoms with Crippen molar-refractivity contribution in [3.05, 3.63) is 60.8 Å². The van der Waals surface area contributed by atoms with Crippen molar-refractivity contribution in [1.82, 2.24) is 0 Å². The average Bonchev–Trinajstić information content (AvgIpc) is 3.36. The minimum Gasteiger partial charge on any atom is -0.457 e. The molecule has 1 heterocycles. The zero-order chi connectivity index (χ0) is 52.4. The van der Waals surface area contributed by atoms with Gasteiger partial charge in [0.25, 0.3) is 0 Å². The highest BCUT2D eigenvalue weighted by Crippen LogP contribution is 2.26. The van der Waals surface area contributed by atoms with E-state index >= 15 is 0 Å². The van der Waals surface area contributed by atoms with E-state index in [4.69, 9.17) is 18.9 Å². The molecule has 420 valence electrons. The van der Waals surface area contributed by atoms with Gasteiger partial charge in [0.05, 0.1) is 19.8 Å². The summed E-state index contributed by atoms with van der Waals surface area (Å²) in [4.78, 5) is 13.0. The van der Waals surface area contributed by atoms with E-state index in [1.54, 1.807) is 0 Å². The summed E-state index contributed by atoms with van der Waals surface area (Å²) in [7, 11) is -5.07. The molecule has 0 bridgehead atoms. The molecule has 1 rings (SSSR count). The Balaban J connectivity index is 2.30. The Kier molecular flexibility index (Phi) is 46.8. The van der Waals surface area contributed by atoms with Crippen LogP contribution >= 0.6 is 0 Å². The van der Waals surface area contributed by atoms with E-state index < -0.39 is 59.8 Å². The van der Waals surface area contributed by atoms with Crippen molar-refractivity contribution in [3.63, 3.8) is 0 Å². The van der Waals surface area contributed by atoms with Gasteiger partial charge < -0.3 is 34.3 Å². The Morgan fingerprint density at radius 2 is 0.958 bits per heavy atom. The molecule has 0 aromatic heterocycles. The molecular formula is C59H106O12S. The molecule has 1 aliphatic rings. The summed E-state index contributed by atoms with van der Waals surface area (Å²) in [6, 6.07) is 0. The number of ether oxygens (including phenoxy) is 4. The first-order valence-corrected chi connectivity index (χ1v) is 30.4. The number of esters is 1. The van der Waals surface area contributed by atoms with Crippen LogP contribution in [-0.2, 0) is 38.3 Å². The van der Waals surface area contributed by atoms with Crippen molar-refractivity contribution in [2.24, 2.45) is 0 Å². The number of rotatable bonds is 51. The second-order valence-electron chi connectivity index (χ2n) is 19.9. The first-order valence-electron chi connectivity index (χ1n) is 29.0. The van der Waals surface area contributed by atoms with Crippen LogP contribution in [0.25, 0.3) is 0 Å². The molecular weight excluding hydrogens is 933 g/mol. The van der Waals surface area contributed by atoms with E-state index in [-0.39, 0.29) is 19.6 Å². The fraction of sp³-hybridized carbons (Fsp3) is 0.814. The van der Waals surface area contributed by atoms with Crippen LogP contribution in [0.5, 0.6) is 0 Å². The van der Waals surface area contributed by atoms with Gasteiger partial charge in [-0.2, -0.15) is 8.42 Å². The van der Waals surface area contributed by atoms with Crippen LogP contribution in [0.1, 0.15) is 245 Å². The summed E-state index contributed by atoms with van der Waals surface area (Å²) in [5.41, 5.74) is 0. The van der Waals surface area contributed by atoms with Crippen molar-refractivity contribution in [1.29, 1.82) is 0 Å². The molecule has 4 N–H and O–H groups in total. The maximum atomic E-state index is 13.0. The van der Waals surface area contributed by atoms with Gasteiger partial charge >= 0.3 is 16.4 Å². The maximum Gasteiger partial charge on any atom is 0.397 e. The first kappa shape index (κ1) is 67.8. The Hall–Kier alpha value is -2.20. The number of aliphatic hydroxyl groups excluding tert-OH is 3. The minimum atomic E-state index is -5.07. The largest absolute Gasteiger partial charge is 0.457 e. The summed E-state index contributed by atoms with van der Waals surface area (Å²) < 4.78 is 59.4. The Labute approximate surface area is 439 Å². The zero-order valence-corrected chi connectivity index (χ0v) is 46.3. The molecule has 0 aromatic rings. The molecule has 0 aliphatic carbocycles. The monoisotopic (exact) mass is 1040 g/mol. The van der Waals surface area contributed by atoms with E-state index in [9.17, 15) is 33.1 Å². The van der Waals surface area contributed by atoms with Gasteiger partial charge in [0.1, 0.15) is 30.5 Å². The average molecular weight is 1040 g/mol. The molecule has 6 unspecified atom stereocenters. The van der Waals surface area contributed by atoms with Crippen LogP contribution in [0, 0.1) is 0 Å². The fourth-order valence-electron chi connectivity index (χ4n) is 8.82. The highest BCUT2D eigenvalue weighted by Gasteiger charge is 2.48. The van der Waals surface area contributed by atoms with Gasteiger partial charge in [0.2, 0.25) is 0 Å². The first-order chi connectivity index (χ1) is 35.1. The van der Waals surface area contributed by atoms with E-state index in [1.165, 1.54) is 141 Å². The van der Waals surface area contributed by atoms with E-state index in [0.717, 1.165) is 77.0 Å². The number of aliphatic hydroxyl groups is 3. The quantitative estimate of drug-likeness (QED) is 0.0196. The van der Waals surface area contributed by atoms with Crippen LogP contribution in [0.4, 0.5) is 0 Å². The molecule has 12 nitrogen and oxygen atoms in total. The smallest absolute Gasteiger partial charge is 0.397 e. The third-order valence-electron chi connectivity index (χ3n) is 13.2. The van der Waals surface area contributed by atoms with Crippen molar-refractivity contribution < 1.29 is 56.2 Å². The number of carbonyl (C=O) groups is 1. The van der Waals surface area contributed by atoms with Crippen LogP contribution < -0.4 is 0 Å². The summed E-state index contributed by atoms with van der Waals surface area (Å²) in [5.74, 6) is -0.403. The number of unbranched alkanes of at least 4 members (excludes halogenated alkanes) is 28. The zero-order valence-electron chi connectivity index (χ0n) is 45.5. The molecule has 1 aliphatic heterocycles. The number of carbonyl (C=O) groups excluding carboxylic acids is 1. The second kappa shape index (κ2) is 49.7. The maximum absolute atomic E-state index is 13.0. The summed E-state index contributed by atoms with van der Waals surface area (Å²) in [6.45, 7) is 3.92. The molecule has 72 heavy (non-hydrogen) atoms. The molecule has 0 radical (unpaired) electrons. The van der Waals surface area contributed by atoms with Crippen LogP contribution in [0.15, 0.2) is 60.8 Å². The highest BCUT2D eigenvalue weighted by molar-refractivity contribution is 7.80. The highest BCUT2D eigenvalue weighted by atomic mass is 32.3. The molecule has 1 fully saturated rings. The standard InChI is InChI=1S/C59H106O12S/c1-3-5-7-9-11-13-15-17-19-21-23-25-26-27-28-29-30-32-34-36-38-40-42-44-46-48-55(61)69-53(52-68-59-57(63)58(71-72(64,65)66)56(62)54(50-60)70-59)51-67-49-47-45-43-41-39-37-35-33-31-24-22-20-18-16-14-12-10-8-6-4-2/h5,7,11,13,17,19,23,25,27-28,53-54,56-60,62-63H,3-4,6,8-10,12,14-16,18,20-22,24,26,29-52H2,1-2H3,(H,64,65,66)/b7-5-,13-11-,19-17-,25-23-,28-27-. The van der Waals surface area contributed by atoms with Gasteiger partial charge in [-0.25, -0.2) is 4.18 Å². The van der Waals surface area contributed by atoms with Crippen molar-refractivity contribution >= 4 is 16.4 Å². The van der Waals surface area contributed by atoms with Crippen molar-refractivity contribution in [2.75, 3.05) is 26.4 Å². The van der Waals surface area contributed by atoms with Gasteiger partial charge in [-0.3, -0.25) is 9.35 Å².